The lowest BCUT2D eigenvalue weighted by molar-refractivity contribution is 0.540. The second kappa shape index (κ2) is 6.02. The van der Waals surface area contributed by atoms with Crippen LogP contribution in [-0.4, -0.2) is 29.8 Å². The highest BCUT2D eigenvalue weighted by atomic mass is 35.5. The summed E-state index contributed by atoms with van der Waals surface area (Å²) in [6.07, 6.45) is 2.34. The summed E-state index contributed by atoms with van der Waals surface area (Å²) in [6, 6.07) is 3.12. The Morgan fingerprint density at radius 1 is 1.27 bits per heavy atom. The molecular formula is C13H12Cl2N6O. The third kappa shape index (κ3) is 2.69. The van der Waals surface area contributed by atoms with Crippen molar-refractivity contribution >= 4 is 34.1 Å². The van der Waals surface area contributed by atoms with Gasteiger partial charge in [-0.2, -0.15) is 0 Å². The number of aromatic nitrogens is 6. The van der Waals surface area contributed by atoms with Crippen molar-refractivity contribution in [2.45, 2.75) is 26.4 Å². The molecule has 0 bridgehead atoms. The lowest BCUT2D eigenvalue weighted by atomic mass is 10.2. The summed E-state index contributed by atoms with van der Waals surface area (Å²) in [6.45, 7) is 2.95. The van der Waals surface area contributed by atoms with Gasteiger partial charge in [0.25, 0.3) is 5.56 Å². The molecule has 3 aromatic rings. The Labute approximate surface area is 135 Å². The van der Waals surface area contributed by atoms with Gasteiger partial charge in [-0.05, 0) is 29.0 Å². The van der Waals surface area contributed by atoms with E-state index < -0.39 is 0 Å². The van der Waals surface area contributed by atoms with E-state index in [9.17, 15) is 4.79 Å². The van der Waals surface area contributed by atoms with Gasteiger partial charge in [0.2, 0.25) is 0 Å². The van der Waals surface area contributed by atoms with Gasteiger partial charge >= 0.3 is 0 Å². The lowest BCUT2D eigenvalue weighted by Crippen LogP contribution is -2.23. The maximum atomic E-state index is 12.6. The number of hydrogen-bond donors (Lipinski definition) is 0. The Kier molecular flexibility index (Phi) is 4.08. The molecule has 114 valence electrons. The van der Waals surface area contributed by atoms with Crippen LogP contribution in [0.15, 0.2) is 23.3 Å². The van der Waals surface area contributed by atoms with Crippen molar-refractivity contribution in [1.29, 1.82) is 0 Å². The number of tetrazole rings is 1. The molecule has 3 rings (SSSR count). The fourth-order valence-corrected chi connectivity index (χ4v) is 2.72. The molecule has 22 heavy (non-hydrogen) atoms. The molecule has 0 unspecified atom stereocenters. The summed E-state index contributed by atoms with van der Waals surface area (Å²) in [5.41, 5.74) is 0.195. The number of nitrogens with zero attached hydrogens (tertiary/aromatic N) is 6. The molecule has 0 radical (unpaired) electrons. The van der Waals surface area contributed by atoms with Crippen molar-refractivity contribution < 1.29 is 0 Å². The summed E-state index contributed by atoms with van der Waals surface area (Å²) in [5, 5.41) is 12.6. The number of hydrogen-bond acceptors (Lipinski definition) is 5. The molecule has 0 N–H and O–H groups in total. The number of halogens is 2. The molecule has 0 spiro atoms. The molecule has 2 aromatic heterocycles. The van der Waals surface area contributed by atoms with Crippen LogP contribution in [0, 0.1) is 0 Å². The molecule has 0 aliphatic rings. The Morgan fingerprint density at radius 3 is 2.86 bits per heavy atom. The van der Waals surface area contributed by atoms with Crippen molar-refractivity contribution in [3.8, 4) is 0 Å². The number of aryl methyl sites for hydroxylation is 1. The average Bonchev–Trinajstić information content (AvgIpc) is 2.90. The van der Waals surface area contributed by atoms with Gasteiger partial charge < -0.3 is 0 Å². The molecule has 9 heteroatoms. The first-order valence-electron chi connectivity index (χ1n) is 6.69. The summed E-state index contributed by atoms with van der Waals surface area (Å²) in [7, 11) is 0. The van der Waals surface area contributed by atoms with Crippen LogP contribution < -0.4 is 5.56 Å². The van der Waals surface area contributed by atoms with E-state index in [1.807, 2.05) is 6.92 Å². The Morgan fingerprint density at radius 2 is 2.09 bits per heavy atom. The van der Waals surface area contributed by atoms with Crippen molar-refractivity contribution in [1.82, 2.24) is 29.8 Å². The van der Waals surface area contributed by atoms with Gasteiger partial charge in [-0.15, -0.1) is 5.10 Å². The fraction of sp³-hybridized carbons (Fsp3) is 0.308. The van der Waals surface area contributed by atoms with Gasteiger partial charge in [0.1, 0.15) is 0 Å². The topological polar surface area (TPSA) is 78.5 Å². The minimum atomic E-state index is -0.236. The van der Waals surface area contributed by atoms with Gasteiger partial charge in [0, 0.05) is 11.6 Å². The molecule has 0 atom stereocenters. The third-order valence-electron chi connectivity index (χ3n) is 3.20. The zero-order chi connectivity index (χ0) is 15.7. The van der Waals surface area contributed by atoms with Crippen LogP contribution >= 0.6 is 23.2 Å². The van der Waals surface area contributed by atoms with Gasteiger partial charge in [-0.25, -0.2) is 9.67 Å². The van der Waals surface area contributed by atoms with E-state index >= 15 is 0 Å². The summed E-state index contributed by atoms with van der Waals surface area (Å²) < 4.78 is 3.11. The largest absolute Gasteiger partial charge is 0.291 e. The van der Waals surface area contributed by atoms with Crippen molar-refractivity contribution in [2.24, 2.45) is 0 Å². The van der Waals surface area contributed by atoms with E-state index in [0.717, 1.165) is 6.42 Å². The molecule has 0 saturated carbocycles. The van der Waals surface area contributed by atoms with Crippen LogP contribution in [0.25, 0.3) is 10.9 Å². The fourth-order valence-electron chi connectivity index (χ4n) is 2.18. The molecular weight excluding hydrogens is 327 g/mol. The molecule has 2 heterocycles. The molecule has 1 aromatic carbocycles. The minimum absolute atomic E-state index is 0.235. The normalized spacial score (nSPS) is 11.2. The SMILES string of the molecule is CCCn1nnnc1Cn1cnc2c(Cl)cc(Cl)cc2c1=O. The van der Waals surface area contributed by atoms with E-state index in [-0.39, 0.29) is 12.1 Å². The van der Waals surface area contributed by atoms with Crippen LogP contribution in [0.3, 0.4) is 0 Å². The number of benzene rings is 1. The molecule has 7 nitrogen and oxygen atoms in total. The number of fused-ring (bicyclic) bond motifs is 1. The minimum Gasteiger partial charge on any atom is -0.291 e. The van der Waals surface area contributed by atoms with E-state index in [1.54, 1.807) is 16.8 Å². The van der Waals surface area contributed by atoms with Crippen molar-refractivity contribution in [2.75, 3.05) is 0 Å². The molecule has 0 fully saturated rings. The monoisotopic (exact) mass is 338 g/mol. The first kappa shape index (κ1) is 14.9. The molecule has 0 amide bonds. The summed E-state index contributed by atoms with van der Waals surface area (Å²) in [4.78, 5) is 16.8. The smallest absolute Gasteiger partial charge is 0.261 e. The molecule has 0 saturated heterocycles. The average molecular weight is 339 g/mol. The zero-order valence-corrected chi connectivity index (χ0v) is 13.2. The first-order valence-corrected chi connectivity index (χ1v) is 7.45. The second-order valence-corrected chi connectivity index (χ2v) is 5.62. The molecule has 0 aliphatic heterocycles. The Balaban J connectivity index is 2.07. The predicted octanol–water partition coefficient (Wildman–Crippen LogP) is 2.15. The maximum Gasteiger partial charge on any atom is 0.261 e. The first-order chi connectivity index (χ1) is 10.6. The lowest BCUT2D eigenvalue weighted by Gasteiger charge is -2.07. The third-order valence-corrected chi connectivity index (χ3v) is 3.71. The van der Waals surface area contributed by atoms with E-state index in [2.05, 4.69) is 20.5 Å². The van der Waals surface area contributed by atoms with Crippen LogP contribution in [0.5, 0.6) is 0 Å². The van der Waals surface area contributed by atoms with Crippen LogP contribution in [0.4, 0.5) is 0 Å². The Bertz CT molecular complexity index is 888. The highest BCUT2D eigenvalue weighted by molar-refractivity contribution is 6.38. The number of rotatable bonds is 4. The zero-order valence-electron chi connectivity index (χ0n) is 11.7. The van der Waals surface area contributed by atoms with Gasteiger partial charge in [0.15, 0.2) is 5.82 Å². The van der Waals surface area contributed by atoms with Crippen molar-refractivity contribution in [3.05, 3.63) is 44.7 Å². The highest BCUT2D eigenvalue weighted by Crippen LogP contribution is 2.23. The summed E-state index contributed by atoms with van der Waals surface area (Å²) in [5.74, 6) is 0.596. The van der Waals surface area contributed by atoms with Crippen molar-refractivity contribution in [3.63, 3.8) is 0 Å². The second-order valence-electron chi connectivity index (χ2n) is 4.78. The van der Waals surface area contributed by atoms with E-state index in [1.165, 1.54) is 10.9 Å². The van der Waals surface area contributed by atoms with Gasteiger partial charge in [-0.3, -0.25) is 9.36 Å². The summed E-state index contributed by atoms with van der Waals surface area (Å²) >= 11 is 12.0. The van der Waals surface area contributed by atoms with E-state index in [0.29, 0.717) is 33.3 Å². The Hall–Kier alpha value is -1.99. The van der Waals surface area contributed by atoms with E-state index in [4.69, 9.17) is 23.2 Å². The van der Waals surface area contributed by atoms with Crippen LogP contribution in [0.1, 0.15) is 19.2 Å². The standard InChI is InChI=1S/C13H12Cl2N6O/c1-2-3-21-11(17-18-19-21)6-20-7-16-12-9(13(20)22)4-8(14)5-10(12)15/h4-5,7H,2-3,6H2,1H3. The predicted molar refractivity (Wildman–Crippen MR) is 83.2 cm³/mol. The van der Waals surface area contributed by atoms with Crippen LogP contribution in [0.2, 0.25) is 10.0 Å². The highest BCUT2D eigenvalue weighted by Gasteiger charge is 2.12. The molecule has 0 aliphatic carbocycles. The van der Waals surface area contributed by atoms with Gasteiger partial charge in [0.05, 0.1) is 28.8 Å². The maximum absolute atomic E-state index is 12.6. The quantitative estimate of drug-likeness (QED) is 0.728. The van der Waals surface area contributed by atoms with Crippen LogP contribution in [-0.2, 0) is 13.1 Å². The van der Waals surface area contributed by atoms with Gasteiger partial charge in [-0.1, -0.05) is 30.1 Å².